The first-order chi connectivity index (χ1) is 13.5. The van der Waals surface area contributed by atoms with E-state index in [1.165, 1.54) is 0 Å². The highest BCUT2D eigenvalue weighted by Gasteiger charge is 2.25. The maximum atomic E-state index is 12.9. The molecule has 28 heavy (non-hydrogen) atoms. The Morgan fingerprint density at radius 2 is 1.86 bits per heavy atom. The molecule has 152 valence electrons. The zero-order valence-electron chi connectivity index (χ0n) is 16.8. The standard InChI is InChI=1S/C20H30N6O2/c1-4-19(27)24-17(12-18-22-14(3)26(5-2)25-18)20(28)23-16(13-21)11-15-9-7-6-8-10-15/h6-10,16-17H,4-5,11-13,21H2,1-3H3,(H,23,28)(H,24,27)/t16?,17-/m0/s1. The van der Waals surface area contributed by atoms with Crippen molar-refractivity contribution in [1.82, 2.24) is 25.4 Å². The van der Waals surface area contributed by atoms with Gasteiger partial charge < -0.3 is 16.4 Å². The van der Waals surface area contributed by atoms with E-state index in [1.54, 1.807) is 11.6 Å². The van der Waals surface area contributed by atoms with E-state index in [0.29, 0.717) is 31.8 Å². The molecule has 2 aromatic rings. The number of hydrogen-bond donors (Lipinski definition) is 3. The molecule has 8 nitrogen and oxygen atoms in total. The summed E-state index contributed by atoms with van der Waals surface area (Å²) < 4.78 is 1.77. The van der Waals surface area contributed by atoms with Crippen LogP contribution in [0, 0.1) is 6.92 Å². The normalized spacial score (nSPS) is 13.0. The van der Waals surface area contributed by atoms with Crippen molar-refractivity contribution in [2.75, 3.05) is 6.54 Å². The SMILES string of the molecule is CCC(=O)N[C@@H](Cc1nc(C)n(CC)n1)C(=O)NC(CN)Cc1ccccc1. The van der Waals surface area contributed by atoms with Crippen LogP contribution in [0.25, 0.3) is 0 Å². The molecule has 1 aromatic heterocycles. The van der Waals surface area contributed by atoms with Crippen molar-refractivity contribution in [1.29, 1.82) is 0 Å². The maximum Gasteiger partial charge on any atom is 0.243 e. The predicted octanol–water partition coefficient (Wildman–Crippen LogP) is 0.730. The highest BCUT2D eigenvalue weighted by Crippen LogP contribution is 2.05. The molecule has 0 aliphatic heterocycles. The van der Waals surface area contributed by atoms with Gasteiger partial charge in [-0.1, -0.05) is 37.3 Å². The van der Waals surface area contributed by atoms with E-state index in [0.717, 1.165) is 11.4 Å². The number of carbonyl (C=O) groups is 2. The van der Waals surface area contributed by atoms with E-state index in [2.05, 4.69) is 20.7 Å². The smallest absolute Gasteiger partial charge is 0.243 e. The van der Waals surface area contributed by atoms with Crippen LogP contribution in [0.3, 0.4) is 0 Å². The van der Waals surface area contributed by atoms with Crippen LogP contribution in [0.5, 0.6) is 0 Å². The zero-order chi connectivity index (χ0) is 20.5. The van der Waals surface area contributed by atoms with Gasteiger partial charge in [0, 0.05) is 32.0 Å². The Kier molecular flexibility index (Phi) is 8.13. The summed E-state index contributed by atoms with van der Waals surface area (Å²) in [5.41, 5.74) is 6.95. The van der Waals surface area contributed by atoms with Crippen LogP contribution in [-0.4, -0.2) is 45.2 Å². The van der Waals surface area contributed by atoms with Crippen molar-refractivity contribution < 1.29 is 9.59 Å². The van der Waals surface area contributed by atoms with Gasteiger partial charge in [0.25, 0.3) is 0 Å². The molecule has 0 aliphatic rings. The van der Waals surface area contributed by atoms with Crippen molar-refractivity contribution in [2.45, 2.75) is 58.7 Å². The first-order valence-corrected chi connectivity index (χ1v) is 9.70. The van der Waals surface area contributed by atoms with E-state index in [-0.39, 0.29) is 24.3 Å². The minimum Gasteiger partial charge on any atom is -0.350 e. The van der Waals surface area contributed by atoms with Gasteiger partial charge in [-0.3, -0.25) is 14.3 Å². The Morgan fingerprint density at radius 3 is 2.43 bits per heavy atom. The Labute approximate surface area is 165 Å². The fourth-order valence-corrected chi connectivity index (χ4v) is 2.95. The van der Waals surface area contributed by atoms with Gasteiger partial charge >= 0.3 is 0 Å². The Balaban J connectivity index is 2.09. The van der Waals surface area contributed by atoms with Gasteiger partial charge in [0.1, 0.15) is 11.9 Å². The summed E-state index contributed by atoms with van der Waals surface area (Å²) in [5.74, 6) is 0.837. The van der Waals surface area contributed by atoms with E-state index in [4.69, 9.17) is 5.73 Å². The van der Waals surface area contributed by atoms with Crippen LogP contribution in [0.4, 0.5) is 0 Å². The largest absolute Gasteiger partial charge is 0.350 e. The monoisotopic (exact) mass is 386 g/mol. The molecule has 1 heterocycles. The Bertz CT molecular complexity index is 774. The molecule has 0 aliphatic carbocycles. The number of benzene rings is 1. The van der Waals surface area contributed by atoms with E-state index in [9.17, 15) is 9.59 Å². The Hall–Kier alpha value is -2.74. The second kappa shape index (κ2) is 10.6. The number of nitrogens with two attached hydrogens (primary N) is 1. The number of carbonyl (C=O) groups excluding carboxylic acids is 2. The molecular formula is C20H30N6O2. The molecule has 0 radical (unpaired) electrons. The lowest BCUT2D eigenvalue weighted by Gasteiger charge is -2.22. The summed E-state index contributed by atoms with van der Waals surface area (Å²) in [6.07, 6.45) is 1.15. The van der Waals surface area contributed by atoms with Crippen molar-refractivity contribution in [3.05, 3.63) is 47.5 Å². The molecule has 0 saturated carbocycles. The number of hydrogen-bond acceptors (Lipinski definition) is 5. The van der Waals surface area contributed by atoms with Gasteiger partial charge in [0.15, 0.2) is 5.82 Å². The lowest BCUT2D eigenvalue weighted by molar-refractivity contribution is -0.129. The lowest BCUT2D eigenvalue weighted by atomic mass is 10.0. The summed E-state index contributed by atoms with van der Waals surface area (Å²) in [6.45, 7) is 6.59. The molecule has 1 aromatic carbocycles. The highest BCUT2D eigenvalue weighted by atomic mass is 16.2. The van der Waals surface area contributed by atoms with Crippen LogP contribution in [0.1, 0.15) is 37.5 Å². The second-order valence-electron chi connectivity index (χ2n) is 6.70. The first-order valence-electron chi connectivity index (χ1n) is 9.70. The fourth-order valence-electron chi connectivity index (χ4n) is 2.95. The molecule has 2 atom stereocenters. The summed E-state index contributed by atoms with van der Waals surface area (Å²) in [5, 5.41) is 10.1. The van der Waals surface area contributed by atoms with Crippen LogP contribution < -0.4 is 16.4 Å². The molecule has 4 N–H and O–H groups in total. The average molecular weight is 387 g/mol. The van der Waals surface area contributed by atoms with Crippen molar-refractivity contribution in [2.24, 2.45) is 5.73 Å². The number of nitrogens with zero attached hydrogens (tertiary/aromatic N) is 3. The van der Waals surface area contributed by atoms with Crippen molar-refractivity contribution in [3.63, 3.8) is 0 Å². The van der Waals surface area contributed by atoms with Gasteiger partial charge in [-0.05, 0) is 25.8 Å². The van der Waals surface area contributed by atoms with Crippen LogP contribution >= 0.6 is 0 Å². The summed E-state index contributed by atoms with van der Waals surface area (Å²) in [4.78, 5) is 29.2. The van der Waals surface area contributed by atoms with Crippen molar-refractivity contribution in [3.8, 4) is 0 Å². The minimum atomic E-state index is -0.746. The number of aromatic nitrogens is 3. The molecular weight excluding hydrogens is 356 g/mol. The third-order valence-corrected chi connectivity index (χ3v) is 4.52. The molecule has 0 spiro atoms. The number of amides is 2. The van der Waals surface area contributed by atoms with E-state index in [1.807, 2.05) is 44.2 Å². The van der Waals surface area contributed by atoms with Crippen LogP contribution in [0.15, 0.2) is 30.3 Å². The van der Waals surface area contributed by atoms with Gasteiger partial charge in [0.2, 0.25) is 11.8 Å². The molecule has 0 fully saturated rings. The first kappa shape index (κ1) is 21.6. The second-order valence-corrected chi connectivity index (χ2v) is 6.70. The molecule has 2 rings (SSSR count). The third kappa shape index (κ3) is 6.16. The third-order valence-electron chi connectivity index (χ3n) is 4.52. The number of rotatable bonds is 10. The molecule has 0 bridgehead atoms. The van der Waals surface area contributed by atoms with E-state index >= 15 is 0 Å². The van der Waals surface area contributed by atoms with E-state index < -0.39 is 6.04 Å². The van der Waals surface area contributed by atoms with Gasteiger partial charge in [-0.2, -0.15) is 5.10 Å². The fraction of sp³-hybridized carbons (Fsp3) is 0.500. The van der Waals surface area contributed by atoms with Crippen LogP contribution in [-0.2, 0) is 29.0 Å². The Morgan fingerprint density at radius 1 is 1.14 bits per heavy atom. The summed E-state index contributed by atoms with van der Waals surface area (Å²) in [6, 6.07) is 8.87. The maximum absolute atomic E-state index is 12.9. The predicted molar refractivity (Wildman–Crippen MR) is 107 cm³/mol. The quantitative estimate of drug-likeness (QED) is 0.557. The topological polar surface area (TPSA) is 115 Å². The van der Waals surface area contributed by atoms with Gasteiger partial charge in [0.05, 0.1) is 0 Å². The van der Waals surface area contributed by atoms with Crippen molar-refractivity contribution >= 4 is 11.8 Å². The number of nitrogens with one attached hydrogen (secondary N) is 2. The molecule has 8 heteroatoms. The summed E-state index contributed by atoms with van der Waals surface area (Å²) in [7, 11) is 0. The molecule has 1 unspecified atom stereocenters. The average Bonchev–Trinajstić information content (AvgIpc) is 3.06. The van der Waals surface area contributed by atoms with Gasteiger partial charge in [-0.15, -0.1) is 0 Å². The molecule has 2 amide bonds. The minimum absolute atomic E-state index is 0.195. The summed E-state index contributed by atoms with van der Waals surface area (Å²) >= 11 is 0. The lowest BCUT2D eigenvalue weighted by Crippen LogP contribution is -2.52. The molecule has 0 saturated heterocycles. The highest BCUT2D eigenvalue weighted by molar-refractivity contribution is 5.87. The van der Waals surface area contributed by atoms with Gasteiger partial charge in [-0.25, -0.2) is 4.98 Å². The zero-order valence-corrected chi connectivity index (χ0v) is 16.8. The number of aryl methyl sites for hydroxylation is 2. The van der Waals surface area contributed by atoms with Crippen LogP contribution in [0.2, 0.25) is 0 Å².